The Labute approximate surface area is 181 Å². The van der Waals surface area contributed by atoms with Gasteiger partial charge in [0.25, 0.3) is 0 Å². The SMILES string of the molecule is CN=C(NCc1nc2ccccc2n1C)NCC(C)Oc1ccccc1F.I. The number of aryl methyl sites for hydroxylation is 1. The van der Waals surface area contributed by atoms with Crippen molar-refractivity contribution < 1.29 is 9.13 Å². The van der Waals surface area contributed by atoms with Crippen LogP contribution in [0.5, 0.6) is 5.75 Å². The number of nitrogens with one attached hydrogen (secondary N) is 2. The molecule has 2 N–H and O–H groups in total. The van der Waals surface area contributed by atoms with Crippen LogP contribution in [0.3, 0.4) is 0 Å². The van der Waals surface area contributed by atoms with Gasteiger partial charge in [-0.05, 0) is 31.2 Å². The van der Waals surface area contributed by atoms with Crippen LogP contribution in [-0.4, -0.2) is 35.2 Å². The molecule has 8 heteroatoms. The Morgan fingerprint density at radius 3 is 2.61 bits per heavy atom. The average molecular weight is 497 g/mol. The zero-order chi connectivity index (χ0) is 19.2. The maximum atomic E-state index is 13.7. The summed E-state index contributed by atoms with van der Waals surface area (Å²) >= 11 is 0. The van der Waals surface area contributed by atoms with Crippen LogP contribution in [0.15, 0.2) is 53.5 Å². The second-order valence-corrected chi connectivity index (χ2v) is 6.24. The number of ether oxygens (including phenoxy) is 1. The first-order valence-corrected chi connectivity index (χ1v) is 8.84. The molecule has 3 rings (SSSR count). The predicted octanol–water partition coefficient (Wildman–Crippen LogP) is 3.46. The summed E-state index contributed by atoms with van der Waals surface area (Å²) in [4.78, 5) is 8.84. The van der Waals surface area contributed by atoms with Gasteiger partial charge < -0.3 is 19.9 Å². The molecule has 0 aliphatic heterocycles. The van der Waals surface area contributed by atoms with Gasteiger partial charge in [0.2, 0.25) is 0 Å². The van der Waals surface area contributed by atoms with E-state index in [-0.39, 0.29) is 41.6 Å². The van der Waals surface area contributed by atoms with Crippen molar-refractivity contribution in [3.05, 3.63) is 60.2 Å². The molecule has 0 aliphatic carbocycles. The predicted molar refractivity (Wildman–Crippen MR) is 121 cm³/mol. The van der Waals surface area contributed by atoms with Crippen LogP contribution in [0.25, 0.3) is 11.0 Å². The zero-order valence-corrected chi connectivity index (χ0v) is 18.5. The molecule has 0 spiro atoms. The molecule has 0 saturated carbocycles. The Hall–Kier alpha value is -2.36. The normalized spacial score (nSPS) is 12.4. The number of imidazole rings is 1. The largest absolute Gasteiger partial charge is 0.486 e. The molecule has 0 fully saturated rings. The lowest BCUT2D eigenvalue weighted by Crippen LogP contribution is -2.41. The van der Waals surface area contributed by atoms with Crippen molar-refractivity contribution >= 4 is 41.0 Å². The van der Waals surface area contributed by atoms with Crippen LogP contribution in [0, 0.1) is 5.82 Å². The van der Waals surface area contributed by atoms with Gasteiger partial charge in [-0.1, -0.05) is 24.3 Å². The van der Waals surface area contributed by atoms with Crippen LogP contribution in [0.1, 0.15) is 12.7 Å². The van der Waals surface area contributed by atoms with Gasteiger partial charge in [-0.15, -0.1) is 24.0 Å². The highest BCUT2D eigenvalue weighted by atomic mass is 127. The Bertz CT molecular complexity index is 943. The summed E-state index contributed by atoms with van der Waals surface area (Å²) in [6.45, 7) is 2.89. The molecule has 1 unspecified atom stereocenters. The van der Waals surface area contributed by atoms with Crippen LogP contribution in [0.2, 0.25) is 0 Å². The second kappa shape index (κ2) is 10.3. The number of para-hydroxylation sites is 3. The van der Waals surface area contributed by atoms with Gasteiger partial charge in [0.1, 0.15) is 11.9 Å². The molecule has 3 aromatic rings. The van der Waals surface area contributed by atoms with Crippen LogP contribution >= 0.6 is 24.0 Å². The fraction of sp³-hybridized carbons (Fsp3) is 0.300. The summed E-state index contributed by atoms with van der Waals surface area (Å²) in [6.07, 6.45) is -0.226. The van der Waals surface area contributed by atoms with Gasteiger partial charge >= 0.3 is 0 Å². The van der Waals surface area contributed by atoms with Crippen molar-refractivity contribution in [3.8, 4) is 5.75 Å². The number of benzene rings is 2. The third-order valence-electron chi connectivity index (χ3n) is 4.24. The van der Waals surface area contributed by atoms with E-state index < -0.39 is 0 Å². The Morgan fingerprint density at radius 1 is 1.18 bits per heavy atom. The smallest absolute Gasteiger partial charge is 0.191 e. The summed E-state index contributed by atoms with van der Waals surface area (Å²) < 4.78 is 21.3. The third-order valence-corrected chi connectivity index (χ3v) is 4.24. The molecular formula is C20H25FIN5O. The minimum Gasteiger partial charge on any atom is -0.486 e. The minimum absolute atomic E-state index is 0. The number of aliphatic imine (C=N–C) groups is 1. The molecular weight excluding hydrogens is 472 g/mol. The lowest BCUT2D eigenvalue weighted by atomic mass is 10.3. The van der Waals surface area contributed by atoms with Crippen molar-refractivity contribution in [2.45, 2.75) is 19.6 Å². The lowest BCUT2D eigenvalue weighted by molar-refractivity contribution is 0.214. The van der Waals surface area contributed by atoms with Gasteiger partial charge in [-0.2, -0.15) is 0 Å². The number of halogens is 2. The lowest BCUT2D eigenvalue weighted by Gasteiger charge is -2.18. The number of hydrogen-bond acceptors (Lipinski definition) is 3. The second-order valence-electron chi connectivity index (χ2n) is 6.24. The van der Waals surface area contributed by atoms with Gasteiger partial charge in [0, 0.05) is 14.1 Å². The molecule has 0 amide bonds. The van der Waals surface area contributed by atoms with Crippen LogP contribution < -0.4 is 15.4 Å². The van der Waals surface area contributed by atoms with Crippen molar-refractivity contribution in [1.82, 2.24) is 20.2 Å². The number of hydrogen-bond donors (Lipinski definition) is 2. The highest BCUT2D eigenvalue weighted by molar-refractivity contribution is 14.0. The number of rotatable bonds is 6. The summed E-state index contributed by atoms with van der Waals surface area (Å²) in [5.41, 5.74) is 2.05. The fourth-order valence-corrected chi connectivity index (χ4v) is 2.78. The van der Waals surface area contributed by atoms with Gasteiger partial charge in [-0.25, -0.2) is 9.37 Å². The molecule has 150 valence electrons. The first kappa shape index (κ1) is 21.9. The van der Waals surface area contributed by atoms with Crippen molar-refractivity contribution in [2.75, 3.05) is 13.6 Å². The van der Waals surface area contributed by atoms with E-state index in [1.165, 1.54) is 6.07 Å². The van der Waals surface area contributed by atoms with E-state index in [2.05, 4.69) is 25.2 Å². The van der Waals surface area contributed by atoms with Crippen LogP contribution in [-0.2, 0) is 13.6 Å². The van der Waals surface area contributed by atoms with Gasteiger partial charge in [0.15, 0.2) is 17.5 Å². The molecule has 0 saturated heterocycles. The Morgan fingerprint density at radius 2 is 1.89 bits per heavy atom. The molecule has 0 bridgehead atoms. The van der Waals surface area contributed by atoms with Gasteiger partial charge in [-0.3, -0.25) is 4.99 Å². The number of nitrogens with zero attached hydrogens (tertiary/aromatic N) is 3. The first-order chi connectivity index (χ1) is 13.1. The molecule has 0 radical (unpaired) electrons. The number of guanidine groups is 1. The topological polar surface area (TPSA) is 63.5 Å². The van der Waals surface area contributed by atoms with E-state index in [4.69, 9.17) is 4.74 Å². The highest BCUT2D eigenvalue weighted by Gasteiger charge is 2.10. The Balaban J connectivity index is 0.00000280. The first-order valence-electron chi connectivity index (χ1n) is 8.84. The van der Waals surface area contributed by atoms with E-state index in [0.29, 0.717) is 19.0 Å². The quantitative estimate of drug-likeness (QED) is 0.311. The van der Waals surface area contributed by atoms with E-state index in [9.17, 15) is 4.39 Å². The van der Waals surface area contributed by atoms with Crippen molar-refractivity contribution in [2.24, 2.45) is 12.0 Å². The maximum Gasteiger partial charge on any atom is 0.191 e. The van der Waals surface area contributed by atoms with E-state index >= 15 is 0 Å². The zero-order valence-electron chi connectivity index (χ0n) is 16.1. The van der Waals surface area contributed by atoms with E-state index in [1.54, 1.807) is 25.2 Å². The van der Waals surface area contributed by atoms with E-state index in [1.807, 2.05) is 38.2 Å². The molecule has 1 aromatic heterocycles. The summed E-state index contributed by atoms with van der Waals surface area (Å²) in [5, 5.41) is 6.43. The minimum atomic E-state index is -0.367. The number of aromatic nitrogens is 2. The standard InChI is InChI=1S/C20H24FN5O.HI/c1-14(27-18-11-7-4-8-15(18)21)12-23-20(22-2)24-13-19-25-16-9-5-6-10-17(16)26(19)3;/h4-11,14H,12-13H2,1-3H3,(H2,22,23,24);1H. The third kappa shape index (κ3) is 5.34. The molecule has 1 heterocycles. The molecule has 2 aromatic carbocycles. The Kier molecular flexibility index (Phi) is 8.04. The maximum absolute atomic E-state index is 13.7. The molecule has 0 aliphatic rings. The molecule has 1 atom stereocenters. The van der Waals surface area contributed by atoms with E-state index in [0.717, 1.165) is 16.9 Å². The monoisotopic (exact) mass is 497 g/mol. The van der Waals surface area contributed by atoms with Crippen LogP contribution in [0.4, 0.5) is 4.39 Å². The fourth-order valence-electron chi connectivity index (χ4n) is 2.78. The average Bonchev–Trinajstić information content (AvgIpc) is 3.00. The summed E-state index contributed by atoms with van der Waals surface area (Å²) in [5.74, 6) is 1.42. The van der Waals surface area contributed by atoms with Crippen molar-refractivity contribution in [3.63, 3.8) is 0 Å². The number of fused-ring (bicyclic) bond motifs is 1. The summed E-state index contributed by atoms with van der Waals surface area (Å²) in [6, 6.07) is 14.4. The summed E-state index contributed by atoms with van der Waals surface area (Å²) in [7, 11) is 3.69. The van der Waals surface area contributed by atoms with Crippen molar-refractivity contribution in [1.29, 1.82) is 0 Å². The molecule has 6 nitrogen and oxygen atoms in total. The van der Waals surface area contributed by atoms with Gasteiger partial charge in [0.05, 0.1) is 24.1 Å². The molecule has 28 heavy (non-hydrogen) atoms. The highest BCUT2D eigenvalue weighted by Crippen LogP contribution is 2.17.